The topological polar surface area (TPSA) is 77.1 Å². The van der Waals surface area contributed by atoms with Gasteiger partial charge < -0.3 is 24.4 Å². The Hall–Kier alpha value is -3.48. The van der Waals surface area contributed by atoms with E-state index >= 15 is 0 Å². The minimum absolute atomic E-state index is 0.198. The van der Waals surface area contributed by atoms with Crippen molar-refractivity contribution in [2.75, 3.05) is 34.4 Å². The average molecular weight is 424 g/mol. The molecule has 3 rings (SSSR count). The van der Waals surface area contributed by atoms with E-state index < -0.39 is 0 Å². The molecular weight excluding hydrogens is 396 g/mol. The van der Waals surface area contributed by atoms with Gasteiger partial charge in [0.25, 0.3) is 11.8 Å². The summed E-state index contributed by atoms with van der Waals surface area (Å²) < 4.78 is 15.8. The summed E-state index contributed by atoms with van der Waals surface area (Å²) in [5.74, 6) is 1.23. The van der Waals surface area contributed by atoms with Gasteiger partial charge in [-0.2, -0.15) is 0 Å². The van der Waals surface area contributed by atoms with Gasteiger partial charge in [0, 0.05) is 18.7 Å². The molecule has 7 heteroatoms. The molecule has 0 bridgehead atoms. The number of ether oxygens (including phenoxy) is 3. The number of amides is 2. The first kappa shape index (κ1) is 22.2. The number of carbonyl (C=O) groups is 2. The number of methoxy groups -OCH3 is 3. The van der Waals surface area contributed by atoms with Crippen molar-refractivity contribution in [3.8, 4) is 17.2 Å². The number of rotatable bonds is 7. The van der Waals surface area contributed by atoms with Crippen LogP contribution in [-0.4, -0.2) is 51.1 Å². The van der Waals surface area contributed by atoms with Crippen LogP contribution in [0.5, 0.6) is 17.2 Å². The first-order valence-electron chi connectivity index (χ1n) is 10.2. The minimum Gasteiger partial charge on any atom is -0.497 e. The molecule has 0 saturated carbocycles. The lowest BCUT2D eigenvalue weighted by molar-refractivity contribution is -0.128. The third kappa shape index (κ3) is 5.57. The molecule has 164 valence electrons. The van der Waals surface area contributed by atoms with E-state index in [1.165, 1.54) is 0 Å². The Morgan fingerprint density at radius 1 is 0.871 bits per heavy atom. The maximum atomic E-state index is 13.2. The number of hydrogen-bond donors (Lipinski definition) is 1. The third-order valence-corrected chi connectivity index (χ3v) is 5.19. The lowest BCUT2D eigenvalue weighted by Gasteiger charge is -2.27. The number of benzene rings is 2. The number of piperidine rings is 1. The molecule has 2 aromatic rings. The summed E-state index contributed by atoms with van der Waals surface area (Å²) in [7, 11) is 4.68. The predicted molar refractivity (Wildman–Crippen MR) is 118 cm³/mol. The molecule has 2 amide bonds. The molecule has 0 spiro atoms. The standard InChI is InChI=1S/C24H28N2O5/c1-29-19-10-8-18(9-11-19)23(27)25-20(24(28)26-13-5-4-6-14-26)15-17-7-12-21(30-2)22(16-17)31-3/h7-12,15-16H,4-6,13-14H2,1-3H3,(H,25,27)/b20-15+. The van der Waals surface area contributed by atoms with Crippen LogP contribution in [0.25, 0.3) is 6.08 Å². The van der Waals surface area contributed by atoms with Gasteiger partial charge in [0.2, 0.25) is 0 Å². The first-order chi connectivity index (χ1) is 15.0. The predicted octanol–water partition coefficient (Wildman–Crippen LogP) is 3.50. The number of hydrogen-bond acceptors (Lipinski definition) is 5. The number of nitrogens with one attached hydrogen (secondary N) is 1. The van der Waals surface area contributed by atoms with E-state index in [1.54, 1.807) is 68.7 Å². The Balaban J connectivity index is 1.91. The summed E-state index contributed by atoms with van der Waals surface area (Å²) in [6, 6.07) is 12.1. The second-order valence-electron chi connectivity index (χ2n) is 7.21. The molecule has 2 aromatic carbocycles. The lowest BCUT2D eigenvalue weighted by atomic mass is 10.1. The molecule has 1 aliphatic rings. The zero-order valence-corrected chi connectivity index (χ0v) is 18.1. The Kier molecular flexibility index (Phi) is 7.54. The monoisotopic (exact) mass is 424 g/mol. The van der Waals surface area contributed by atoms with E-state index in [4.69, 9.17) is 14.2 Å². The van der Waals surface area contributed by atoms with Gasteiger partial charge >= 0.3 is 0 Å². The fourth-order valence-electron chi connectivity index (χ4n) is 3.46. The molecule has 0 aromatic heterocycles. The largest absolute Gasteiger partial charge is 0.497 e. The van der Waals surface area contributed by atoms with Crippen LogP contribution in [-0.2, 0) is 4.79 Å². The van der Waals surface area contributed by atoms with Crippen molar-refractivity contribution in [2.24, 2.45) is 0 Å². The maximum absolute atomic E-state index is 13.2. The molecular formula is C24H28N2O5. The summed E-state index contributed by atoms with van der Waals surface area (Å²) >= 11 is 0. The number of likely N-dealkylation sites (tertiary alicyclic amines) is 1. The molecule has 0 unspecified atom stereocenters. The van der Waals surface area contributed by atoms with Gasteiger partial charge in [-0.05, 0) is 67.3 Å². The van der Waals surface area contributed by atoms with Gasteiger partial charge in [0.1, 0.15) is 11.4 Å². The third-order valence-electron chi connectivity index (χ3n) is 5.19. The van der Waals surface area contributed by atoms with Crippen LogP contribution in [0, 0.1) is 0 Å². The Labute approximate surface area is 182 Å². The van der Waals surface area contributed by atoms with Crippen molar-refractivity contribution < 1.29 is 23.8 Å². The molecule has 1 aliphatic heterocycles. The fraction of sp³-hybridized carbons (Fsp3) is 0.333. The van der Waals surface area contributed by atoms with Crippen molar-refractivity contribution >= 4 is 17.9 Å². The van der Waals surface area contributed by atoms with Crippen LogP contribution in [0.1, 0.15) is 35.2 Å². The fourth-order valence-corrected chi connectivity index (χ4v) is 3.46. The van der Waals surface area contributed by atoms with Crippen LogP contribution in [0.15, 0.2) is 48.2 Å². The normalized spacial score (nSPS) is 14.0. The van der Waals surface area contributed by atoms with Crippen LogP contribution in [0.3, 0.4) is 0 Å². The van der Waals surface area contributed by atoms with E-state index in [0.717, 1.165) is 19.3 Å². The quantitative estimate of drug-likeness (QED) is 0.689. The van der Waals surface area contributed by atoms with E-state index in [-0.39, 0.29) is 17.5 Å². The molecule has 0 radical (unpaired) electrons. The second-order valence-corrected chi connectivity index (χ2v) is 7.21. The molecule has 1 fully saturated rings. The molecule has 1 heterocycles. The van der Waals surface area contributed by atoms with Gasteiger partial charge in [-0.1, -0.05) is 6.07 Å². The lowest BCUT2D eigenvalue weighted by Crippen LogP contribution is -2.41. The van der Waals surface area contributed by atoms with Gasteiger partial charge in [-0.3, -0.25) is 9.59 Å². The van der Waals surface area contributed by atoms with Gasteiger partial charge in [0.15, 0.2) is 11.5 Å². The second kappa shape index (κ2) is 10.5. The van der Waals surface area contributed by atoms with E-state index in [0.29, 0.717) is 41.5 Å². The van der Waals surface area contributed by atoms with Crippen LogP contribution < -0.4 is 19.5 Å². The van der Waals surface area contributed by atoms with Crippen molar-refractivity contribution in [2.45, 2.75) is 19.3 Å². The zero-order valence-electron chi connectivity index (χ0n) is 18.1. The summed E-state index contributed by atoms with van der Waals surface area (Å²) in [6.45, 7) is 1.36. The van der Waals surface area contributed by atoms with Crippen molar-refractivity contribution in [1.29, 1.82) is 0 Å². The average Bonchev–Trinajstić information content (AvgIpc) is 2.83. The van der Waals surface area contributed by atoms with Crippen LogP contribution in [0.2, 0.25) is 0 Å². The Bertz CT molecular complexity index is 947. The van der Waals surface area contributed by atoms with Gasteiger partial charge in [-0.25, -0.2) is 0 Å². The van der Waals surface area contributed by atoms with E-state index in [2.05, 4.69) is 5.32 Å². The SMILES string of the molecule is COc1ccc(C(=O)N/C(=C/c2ccc(OC)c(OC)c2)C(=O)N2CCCCC2)cc1. The van der Waals surface area contributed by atoms with Crippen molar-refractivity contribution in [1.82, 2.24) is 10.2 Å². The maximum Gasteiger partial charge on any atom is 0.270 e. The van der Waals surface area contributed by atoms with Crippen LogP contribution in [0.4, 0.5) is 0 Å². The van der Waals surface area contributed by atoms with Crippen molar-refractivity contribution in [3.63, 3.8) is 0 Å². The first-order valence-corrected chi connectivity index (χ1v) is 10.2. The molecule has 1 N–H and O–H groups in total. The summed E-state index contributed by atoms with van der Waals surface area (Å²) in [5.41, 5.74) is 1.37. The van der Waals surface area contributed by atoms with Gasteiger partial charge in [-0.15, -0.1) is 0 Å². The summed E-state index contributed by atoms with van der Waals surface area (Å²) in [5, 5.41) is 2.80. The molecule has 1 saturated heterocycles. The zero-order chi connectivity index (χ0) is 22.2. The van der Waals surface area contributed by atoms with Crippen LogP contribution >= 0.6 is 0 Å². The Morgan fingerprint density at radius 3 is 2.16 bits per heavy atom. The molecule has 0 aliphatic carbocycles. The number of nitrogens with zero attached hydrogens (tertiary/aromatic N) is 1. The van der Waals surface area contributed by atoms with E-state index in [9.17, 15) is 9.59 Å². The van der Waals surface area contributed by atoms with Gasteiger partial charge in [0.05, 0.1) is 21.3 Å². The number of carbonyl (C=O) groups excluding carboxylic acids is 2. The van der Waals surface area contributed by atoms with Crippen molar-refractivity contribution in [3.05, 3.63) is 59.3 Å². The minimum atomic E-state index is -0.361. The highest BCUT2D eigenvalue weighted by Crippen LogP contribution is 2.28. The highest BCUT2D eigenvalue weighted by molar-refractivity contribution is 6.05. The summed E-state index contributed by atoms with van der Waals surface area (Å²) in [4.78, 5) is 27.8. The molecule has 7 nitrogen and oxygen atoms in total. The molecule has 31 heavy (non-hydrogen) atoms. The smallest absolute Gasteiger partial charge is 0.270 e. The summed E-state index contributed by atoms with van der Waals surface area (Å²) in [6.07, 6.45) is 4.70. The highest BCUT2D eigenvalue weighted by Gasteiger charge is 2.22. The molecule has 0 atom stereocenters. The van der Waals surface area contributed by atoms with E-state index in [1.807, 2.05) is 6.07 Å². The highest BCUT2D eigenvalue weighted by atomic mass is 16.5. The Morgan fingerprint density at radius 2 is 1.55 bits per heavy atom.